The van der Waals surface area contributed by atoms with Crippen LogP contribution in [0.1, 0.15) is 33.6 Å². The van der Waals surface area contributed by atoms with Crippen LogP contribution in [0.4, 0.5) is 0 Å². The van der Waals surface area contributed by atoms with Crippen molar-refractivity contribution in [2.45, 2.75) is 33.6 Å². The van der Waals surface area contributed by atoms with E-state index in [0.717, 1.165) is 24.9 Å². The first-order valence-electron chi connectivity index (χ1n) is 6.55. The SMILES string of the molecule is CC#CCN1CCC(CNCC(C)C)CC1. The molecule has 1 saturated heterocycles. The van der Waals surface area contributed by atoms with Crippen molar-refractivity contribution < 1.29 is 0 Å². The van der Waals surface area contributed by atoms with Gasteiger partial charge in [0.1, 0.15) is 0 Å². The Labute approximate surface area is 101 Å². The molecule has 1 fully saturated rings. The van der Waals surface area contributed by atoms with Gasteiger partial charge in [-0.15, -0.1) is 5.92 Å². The Balaban J connectivity index is 2.09. The fourth-order valence-electron chi connectivity index (χ4n) is 2.12. The molecule has 1 aliphatic rings. The highest BCUT2D eigenvalue weighted by Gasteiger charge is 2.17. The highest BCUT2D eigenvalue weighted by molar-refractivity contribution is 4.98. The average Bonchev–Trinajstić information content (AvgIpc) is 2.27. The molecule has 0 aromatic carbocycles. The van der Waals surface area contributed by atoms with Crippen LogP contribution in [-0.2, 0) is 0 Å². The lowest BCUT2D eigenvalue weighted by molar-refractivity contribution is 0.200. The highest BCUT2D eigenvalue weighted by Crippen LogP contribution is 2.15. The molecule has 0 aromatic heterocycles. The van der Waals surface area contributed by atoms with E-state index >= 15 is 0 Å². The summed E-state index contributed by atoms with van der Waals surface area (Å²) >= 11 is 0. The molecule has 1 heterocycles. The first-order chi connectivity index (χ1) is 7.72. The van der Waals surface area contributed by atoms with Crippen molar-refractivity contribution >= 4 is 0 Å². The van der Waals surface area contributed by atoms with Gasteiger partial charge in [0, 0.05) is 0 Å². The summed E-state index contributed by atoms with van der Waals surface area (Å²) in [5.41, 5.74) is 0. The molecule has 2 nitrogen and oxygen atoms in total. The maximum atomic E-state index is 3.57. The molecule has 0 aliphatic carbocycles. The second kappa shape index (κ2) is 7.70. The van der Waals surface area contributed by atoms with Crippen LogP contribution in [0, 0.1) is 23.7 Å². The van der Waals surface area contributed by atoms with Crippen LogP contribution < -0.4 is 5.32 Å². The van der Waals surface area contributed by atoms with Crippen molar-refractivity contribution in [3.63, 3.8) is 0 Å². The molecule has 0 aromatic rings. The molecule has 0 atom stereocenters. The lowest BCUT2D eigenvalue weighted by Crippen LogP contribution is -2.38. The zero-order chi connectivity index (χ0) is 11.8. The van der Waals surface area contributed by atoms with Gasteiger partial charge < -0.3 is 5.32 Å². The zero-order valence-electron chi connectivity index (χ0n) is 11.1. The molecular formula is C14H26N2. The summed E-state index contributed by atoms with van der Waals surface area (Å²) < 4.78 is 0. The van der Waals surface area contributed by atoms with E-state index in [-0.39, 0.29) is 0 Å². The van der Waals surface area contributed by atoms with Crippen LogP contribution >= 0.6 is 0 Å². The largest absolute Gasteiger partial charge is 0.316 e. The van der Waals surface area contributed by atoms with Crippen molar-refractivity contribution in [2.75, 3.05) is 32.7 Å². The number of nitrogens with zero attached hydrogens (tertiary/aromatic N) is 1. The first-order valence-corrected chi connectivity index (χ1v) is 6.55. The van der Waals surface area contributed by atoms with Gasteiger partial charge in [-0.2, -0.15) is 0 Å². The number of rotatable bonds is 5. The third-order valence-electron chi connectivity index (χ3n) is 3.17. The van der Waals surface area contributed by atoms with Gasteiger partial charge in [-0.05, 0) is 57.8 Å². The Morgan fingerprint density at radius 1 is 1.31 bits per heavy atom. The molecule has 0 saturated carbocycles. The Morgan fingerprint density at radius 3 is 2.56 bits per heavy atom. The summed E-state index contributed by atoms with van der Waals surface area (Å²) in [5.74, 6) is 7.76. The summed E-state index contributed by atoms with van der Waals surface area (Å²) in [4.78, 5) is 2.47. The topological polar surface area (TPSA) is 15.3 Å². The van der Waals surface area contributed by atoms with E-state index in [1.54, 1.807) is 0 Å². The van der Waals surface area contributed by atoms with Crippen LogP contribution in [0.2, 0.25) is 0 Å². The Kier molecular flexibility index (Phi) is 6.52. The van der Waals surface area contributed by atoms with E-state index in [0.29, 0.717) is 0 Å². The van der Waals surface area contributed by atoms with Crippen LogP contribution in [0.25, 0.3) is 0 Å². The standard InChI is InChI=1S/C14H26N2/c1-4-5-8-16-9-6-14(7-10-16)12-15-11-13(2)3/h13-15H,6-12H2,1-3H3. The predicted molar refractivity (Wildman–Crippen MR) is 70.3 cm³/mol. The summed E-state index contributed by atoms with van der Waals surface area (Å²) in [6.45, 7) is 12.2. The van der Waals surface area contributed by atoms with Gasteiger partial charge in [-0.25, -0.2) is 0 Å². The molecule has 0 radical (unpaired) electrons. The lowest BCUT2D eigenvalue weighted by atomic mass is 9.96. The Bertz CT molecular complexity index is 229. The smallest absolute Gasteiger partial charge is 0.0601 e. The third kappa shape index (κ3) is 5.53. The maximum Gasteiger partial charge on any atom is 0.0601 e. The predicted octanol–water partition coefficient (Wildman–Crippen LogP) is 1.97. The molecule has 0 unspecified atom stereocenters. The number of likely N-dealkylation sites (tertiary alicyclic amines) is 1. The fraction of sp³-hybridized carbons (Fsp3) is 0.857. The summed E-state index contributed by atoms with van der Waals surface area (Å²) in [5, 5.41) is 3.57. The summed E-state index contributed by atoms with van der Waals surface area (Å²) in [7, 11) is 0. The molecule has 16 heavy (non-hydrogen) atoms. The molecule has 0 spiro atoms. The van der Waals surface area contributed by atoms with Gasteiger partial charge >= 0.3 is 0 Å². The minimum absolute atomic E-state index is 0.764. The molecule has 92 valence electrons. The maximum absolute atomic E-state index is 3.57. The van der Waals surface area contributed by atoms with E-state index in [1.165, 1.54) is 32.5 Å². The molecule has 1 rings (SSSR count). The minimum atomic E-state index is 0.764. The summed E-state index contributed by atoms with van der Waals surface area (Å²) in [6.07, 6.45) is 2.66. The third-order valence-corrected chi connectivity index (χ3v) is 3.17. The van der Waals surface area contributed by atoms with Gasteiger partial charge in [-0.1, -0.05) is 19.8 Å². The van der Waals surface area contributed by atoms with Gasteiger partial charge in [-0.3, -0.25) is 4.90 Å². The van der Waals surface area contributed by atoms with Gasteiger partial charge in [0.25, 0.3) is 0 Å². The second-order valence-electron chi connectivity index (χ2n) is 5.20. The Morgan fingerprint density at radius 2 is 2.00 bits per heavy atom. The highest BCUT2D eigenvalue weighted by atomic mass is 15.1. The molecule has 0 bridgehead atoms. The van der Waals surface area contributed by atoms with Gasteiger partial charge in [0.05, 0.1) is 6.54 Å². The van der Waals surface area contributed by atoms with Crippen molar-refractivity contribution in [1.82, 2.24) is 10.2 Å². The van der Waals surface area contributed by atoms with Crippen LogP contribution in [-0.4, -0.2) is 37.6 Å². The minimum Gasteiger partial charge on any atom is -0.316 e. The van der Waals surface area contributed by atoms with E-state index in [9.17, 15) is 0 Å². The zero-order valence-corrected chi connectivity index (χ0v) is 11.1. The van der Waals surface area contributed by atoms with Crippen LogP contribution in [0.5, 0.6) is 0 Å². The van der Waals surface area contributed by atoms with Gasteiger partial charge in [0.2, 0.25) is 0 Å². The normalized spacial score (nSPS) is 18.5. The van der Waals surface area contributed by atoms with E-state index in [2.05, 4.69) is 35.9 Å². The van der Waals surface area contributed by atoms with Crippen molar-refractivity contribution in [3.05, 3.63) is 0 Å². The fourth-order valence-corrected chi connectivity index (χ4v) is 2.12. The van der Waals surface area contributed by atoms with Gasteiger partial charge in [0.15, 0.2) is 0 Å². The van der Waals surface area contributed by atoms with E-state index in [1.807, 2.05) is 6.92 Å². The Hall–Kier alpha value is -0.520. The van der Waals surface area contributed by atoms with Crippen molar-refractivity contribution in [3.8, 4) is 11.8 Å². The second-order valence-corrected chi connectivity index (χ2v) is 5.20. The number of piperidine rings is 1. The average molecular weight is 222 g/mol. The summed E-state index contributed by atoms with van der Waals surface area (Å²) in [6, 6.07) is 0. The molecule has 0 amide bonds. The van der Waals surface area contributed by atoms with Crippen molar-refractivity contribution in [1.29, 1.82) is 0 Å². The molecular weight excluding hydrogens is 196 g/mol. The van der Waals surface area contributed by atoms with Crippen molar-refractivity contribution in [2.24, 2.45) is 11.8 Å². The molecule has 2 heteroatoms. The van der Waals surface area contributed by atoms with Crippen LogP contribution in [0.3, 0.4) is 0 Å². The van der Waals surface area contributed by atoms with E-state index in [4.69, 9.17) is 0 Å². The van der Waals surface area contributed by atoms with E-state index < -0.39 is 0 Å². The quantitative estimate of drug-likeness (QED) is 0.716. The molecule has 1 N–H and O–H groups in total. The number of nitrogens with one attached hydrogen (secondary N) is 1. The number of hydrogen-bond acceptors (Lipinski definition) is 2. The molecule has 1 aliphatic heterocycles. The monoisotopic (exact) mass is 222 g/mol. The number of hydrogen-bond donors (Lipinski definition) is 1. The lowest BCUT2D eigenvalue weighted by Gasteiger charge is -2.30. The van der Waals surface area contributed by atoms with Crippen LogP contribution in [0.15, 0.2) is 0 Å². The first kappa shape index (κ1) is 13.5.